The highest BCUT2D eigenvalue weighted by atomic mass is 35.5. The third-order valence-electron chi connectivity index (χ3n) is 6.76. The number of rotatable bonds is 0. The van der Waals surface area contributed by atoms with E-state index in [1.807, 2.05) is 0 Å². The van der Waals surface area contributed by atoms with Gasteiger partial charge in [-0.05, 0) is 98.2 Å². The van der Waals surface area contributed by atoms with Gasteiger partial charge in [-0.25, -0.2) is 19.9 Å². The first-order valence-corrected chi connectivity index (χ1v) is 11.4. The van der Waals surface area contributed by atoms with Crippen LogP contribution in [0.25, 0.3) is 0 Å². The molecule has 4 aliphatic carbocycles. The minimum atomic E-state index is 0.287. The Labute approximate surface area is 184 Å². The zero-order valence-corrected chi connectivity index (χ0v) is 18.3. The summed E-state index contributed by atoms with van der Waals surface area (Å²) >= 11 is 23.8. The molecule has 0 amide bonds. The monoisotopic (exact) mass is 456 g/mol. The summed E-state index contributed by atoms with van der Waals surface area (Å²) in [5, 5.41) is 1.72. The molecule has 0 unspecified atom stereocenters. The fourth-order valence-corrected chi connectivity index (χ4v) is 6.77. The fourth-order valence-electron chi connectivity index (χ4n) is 5.63. The lowest BCUT2D eigenvalue weighted by Gasteiger charge is -2.22. The SMILES string of the molecule is Clc1nc(Cl)c2c(n1)C[C@@H]1CC[C@H]2C1.Clc1nc(Cl)c2c(n1)C[C@H]1CC[C@@H]2C1. The Bertz CT molecular complexity index is 859. The Morgan fingerprint density at radius 1 is 0.571 bits per heavy atom. The molecular weight excluding hydrogens is 438 g/mol. The summed E-state index contributed by atoms with van der Waals surface area (Å²) < 4.78 is 0. The van der Waals surface area contributed by atoms with Crippen LogP contribution in [0.4, 0.5) is 0 Å². The maximum atomic E-state index is 6.10. The van der Waals surface area contributed by atoms with Crippen LogP contribution in [0, 0.1) is 11.8 Å². The second-order valence-electron chi connectivity index (χ2n) is 8.45. The minimum absolute atomic E-state index is 0.287. The Hall–Kier alpha value is -0.680. The molecule has 4 atom stereocenters. The van der Waals surface area contributed by atoms with E-state index in [-0.39, 0.29) is 10.6 Å². The Morgan fingerprint density at radius 2 is 1.00 bits per heavy atom. The molecule has 0 saturated heterocycles. The lowest BCUT2D eigenvalue weighted by atomic mass is 9.87. The molecule has 2 fully saturated rings. The largest absolute Gasteiger partial charge is 0.224 e. The summed E-state index contributed by atoms with van der Waals surface area (Å²) in [6, 6.07) is 0. The van der Waals surface area contributed by atoms with E-state index in [9.17, 15) is 0 Å². The first-order chi connectivity index (χ1) is 13.5. The molecule has 2 saturated carbocycles. The quantitative estimate of drug-likeness (QED) is 0.337. The number of halogens is 4. The number of hydrogen-bond acceptors (Lipinski definition) is 4. The number of aromatic nitrogens is 4. The molecule has 148 valence electrons. The van der Waals surface area contributed by atoms with E-state index < -0.39 is 0 Å². The smallest absolute Gasteiger partial charge is 0.223 e. The van der Waals surface area contributed by atoms with Crippen molar-refractivity contribution in [1.82, 2.24) is 19.9 Å². The summed E-state index contributed by atoms with van der Waals surface area (Å²) in [6.07, 6.45) is 9.67. The van der Waals surface area contributed by atoms with Crippen molar-refractivity contribution in [3.63, 3.8) is 0 Å². The zero-order valence-electron chi connectivity index (χ0n) is 15.3. The van der Waals surface area contributed by atoms with Gasteiger partial charge in [0.25, 0.3) is 0 Å². The van der Waals surface area contributed by atoms with E-state index in [1.165, 1.54) is 49.7 Å². The summed E-state index contributed by atoms with van der Waals surface area (Å²) in [4.78, 5) is 16.6. The van der Waals surface area contributed by atoms with E-state index in [2.05, 4.69) is 19.9 Å². The van der Waals surface area contributed by atoms with Crippen molar-refractivity contribution in [2.75, 3.05) is 0 Å². The average Bonchev–Trinajstić information content (AvgIpc) is 3.18. The molecule has 6 rings (SSSR count). The second kappa shape index (κ2) is 7.54. The van der Waals surface area contributed by atoms with Crippen molar-refractivity contribution in [2.45, 2.75) is 63.2 Å². The molecule has 0 aromatic carbocycles. The van der Waals surface area contributed by atoms with Gasteiger partial charge in [0.1, 0.15) is 10.3 Å². The third-order valence-corrected chi connectivity index (χ3v) is 7.68. The van der Waals surface area contributed by atoms with Gasteiger partial charge in [0.2, 0.25) is 10.6 Å². The van der Waals surface area contributed by atoms with Crippen LogP contribution < -0.4 is 0 Å². The third kappa shape index (κ3) is 3.51. The predicted molar refractivity (Wildman–Crippen MR) is 112 cm³/mol. The van der Waals surface area contributed by atoms with Crippen LogP contribution in [0.5, 0.6) is 0 Å². The summed E-state index contributed by atoms with van der Waals surface area (Å²) in [6.45, 7) is 0. The fraction of sp³-hybridized carbons (Fsp3) is 0.600. The highest BCUT2D eigenvalue weighted by Gasteiger charge is 2.36. The number of fused-ring (bicyclic) bond motifs is 8. The van der Waals surface area contributed by atoms with Gasteiger partial charge in [0, 0.05) is 11.1 Å². The highest BCUT2D eigenvalue weighted by Crippen LogP contribution is 2.48. The molecule has 2 aromatic heterocycles. The zero-order chi connectivity index (χ0) is 19.4. The minimum Gasteiger partial charge on any atom is -0.223 e. The van der Waals surface area contributed by atoms with Crippen LogP contribution in [0.3, 0.4) is 0 Å². The number of nitrogens with zero attached hydrogens (tertiary/aromatic N) is 4. The van der Waals surface area contributed by atoms with Crippen LogP contribution in [0.2, 0.25) is 20.9 Å². The van der Waals surface area contributed by atoms with Gasteiger partial charge in [0.15, 0.2) is 0 Å². The summed E-state index contributed by atoms with van der Waals surface area (Å²) in [5.74, 6) is 2.78. The second-order valence-corrected chi connectivity index (χ2v) is 9.84. The molecule has 0 radical (unpaired) electrons. The van der Waals surface area contributed by atoms with E-state index in [0.29, 0.717) is 22.1 Å². The van der Waals surface area contributed by atoms with Gasteiger partial charge in [-0.1, -0.05) is 23.2 Å². The lowest BCUT2D eigenvalue weighted by molar-refractivity contribution is 0.499. The van der Waals surface area contributed by atoms with Crippen molar-refractivity contribution < 1.29 is 0 Å². The van der Waals surface area contributed by atoms with Crippen molar-refractivity contribution in [2.24, 2.45) is 11.8 Å². The van der Waals surface area contributed by atoms with Gasteiger partial charge in [-0.15, -0.1) is 0 Å². The molecule has 8 heteroatoms. The summed E-state index contributed by atoms with van der Waals surface area (Å²) in [7, 11) is 0. The van der Waals surface area contributed by atoms with Crippen molar-refractivity contribution in [1.29, 1.82) is 0 Å². The molecule has 2 heterocycles. The van der Waals surface area contributed by atoms with Crippen LogP contribution in [-0.2, 0) is 12.8 Å². The van der Waals surface area contributed by atoms with Gasteiger partial charge in [-0.2, -0.15) is 0 Å². The van der Waals surface area contributed by atoms with Crippen molar-refractivity contribution in [3.05, 3.63) is 43.4 Å². The maximum absolute atomic E-state index is 6.10. The predicted octanol–water partition coefficient (Wildman–Crippen LogP) is 6.45. The Balaban J connectivity index is 0.000000122. The molecule has 2 aromatic rings. The van der Waals surface area contributed by atoms with Crippen molar-refractivity contribution >= 4 is 46.4 Å². The molecule has 0 spiro atoms. The maximum Gasteiger partial charge on any atom is 0.224 e. The van der Waals surface area contributed by atoms with E-state index in [1.54, 1.807) is 0 Å². The topological polar surface area (TPSA) is 51.6 Å². The van der Waals surface area contributed by atoms with Crippen LogP contribution >= 0.6 is 46.4 Å². The van der Waals surface area contributed by atoms with Gasteiger partial charge < -0.3 is 0 Å². The van der Waals surface area contributed by atoms with Crippen LogP contribution in [0.15, 0.2) is 0 Å². The normalized spacial score (nSPS) is 29.0. The molecular formula is C20H20Cl4N4. The first-order valence-electron chi connectivity index (χ1n) is 9.91. The first kappa shape index (κ1) is 19.3. The molecule has 4 aliphatic rings. The number of hydrogen-bond donors (Lipinski definition) is 0. The molecule has 0 N–H and O–H groups in total. The van der Waals surface area contributed by atoms with Crippen molar-refractivity contribution in [3.8, 4) is 0 Å². The molecule has 28 heavy (non-hydrogen) atoms. The van der Waals surface area contributed by atoms with Gasteiger partial charge in [0.05, 0.1) is 11.4 Å². The molecule has 0 aliphatic heterocycles. The average molecular weight is 458 g/mol. The van der Waals surface area contributed by atoms with E-state index >= 15 is 0 Å². The Morgan fingerprint density at radius 3 is 1.43 bits per heavy atom. The standard InChI is InChI=1S/2C10H10Cl2N2/c2*11-9-8-6-2-1-5(3-6)4-7(8)13-10(12)14-9/h2*5-6H,1-4H2/t2*5-,6+/m10/s1. The highest BCUT2D eigenvalue weighted by molar-refractivity contribution is 6.32. The van der Waals surface area contributed by atoms with E-state index in [0.717, 1.165) is 36.1 Å². The Kier molecular flexibility index (Phi) is 5.19. The van der Waals surface area contributed by atoms with Crippen LogP contribution in [0.1, 0.15) is 72.9 Å². The van der Waals surface area contributed by atoms with E-state index in [4.69, 9.17) is 46.4 Å². The van der Waals surface area contributed by atoms with Gasteiger partial charge >= 0.3 is 0 Å². The van der Waals surface area contributed by atoms with Crippen LogP contribution in [-0.4, -0.2) is 19.9 Å². The molecule has 4 nitrogen and oxygen atoms in total. The van der Waals surface area contributed by atoms with Gasteiger partial charge in [-0.3, -0.25) is 0 Å². The lowest BCUT2D eigenvalue weighted by Crippen LogP contribution is -2.14. The molecule has 4 bridgehead atoms. The summed E-state index contributed by atoms with van der Waals surface area (Å²) in [5.41, 5.74) is 4.53.